The maximum Gasteiger partial charge on any atom is 0.433 e. The molecule has 1 amide bonds. The van der Waals surface area contributed by atoms with Crippen LogP contribution >= 0.6 is 11.8 Å². The van der Waals surface area contributed by atoms with E-state index in [0.717, 1.165) is 24.0 Å². The van der Waals surface area contributed by atoms with Crippen LogP contribution in [0.15, 0.2) is 47.8 Å². The first-order valence-corrected chi connectivity index (χ1v) is 8.81. The number of thioether (sulfide) groups is 1. The van der Waals surface area contributed by atoms with Crippen LogP contribution in [0.1, 0.15) is 16.5 Å². The number of hydrogen-bond donors (Lipinski definition) is 0. The number of hydrogen-bond acceptors (Lipinski definition) is 5. The second-order valence-corrected chi connectivity index (χ2v) is 6.64. The van der Waals surface area contributed by atoms with Gasteiger partial charge in [-0.05, 0) is 11.6 Å². The average Bonchev–Trinajstić information content (AvgIpc) is 2.66. The third-order valence-electron chi connectivity index (χ3n) is 3.80. The largest absolute Gasteiger partial charge is 0.433 e. The summed E-state index contributed by atoms with van der Waals surface area (Å²) in [7, 11) is 0. The molecule has 138 valence electrons. The lowest BCUT2D eigenvalue weighted by Gasteiger charge is -2.30. The van der Waals surface area contributed by atoms with Gasteiger partial charge >= 0.3 is 6.18 Å². The van der Waals surface area contributed by atoms with Crippen LogP contribution in [0.3, 0.4) is 0 Å². The first-order valence-electron chi connectivity index (χ1n) is 7.93. The molecule has 3 rings (SSSR count). The Morgan fingerprint density at radius 1 is 1.15 bits per heavy atom. The molecule has 1 aliphatic heterocycles. The number of benzene rings is 1. The van der Waals surface area contributed by atoms with Crippen molar-refractivity contribution in [1.29, 1.82) is 0 Å². The molecule has 1 aromatic heterocycles. The molecule has 2 aromatic rings. The van der Waals surface area contributed by atoms with E-state index in [-0.39, 0.29) is 11.1 Å². The fraction of sp³-hybridized carbons (Fsp3) is 0.353. The van der Waals surface area contributed by atoms with Gasteiger partial charge < -0.3 is 9.64 Å². The minimum Gasteiger partial charge on any atom is -0.378 e. The van der Waals surface area contributed by atoms with Gasteiger partial charge in [0.1, 0.15) is 10.9 Å². The first-order chi connectivity index (χ1) is 12.4. The number of nitrogens with zero attached hydrogens (tertiary/aromatic N) is 3. The van der Waals surface area contributed by atoms with Gasteiger partial charge in [0.2, 0.25) is 5.91 Å². The Kier molecular flexibility index (Phi) is 5.77. The van der Waals surface area contributed by atoms with E-state index < -0.39 is 17.1 Å². The van der Waals surface area contributed by atoms with Crippen molar-refractivity contribution in [3.05, 3.63) is 53.9 Å². The molecule has 1 unspecified atom stereocenters. The van der Waals surface area contributed by atoms with Crippen molar-refractivity contribution >= 4 is 17.7 Å². The maximum absolute atomic E-state index is 13.0. The molecule has 1 fully saturated rings. The average molecular weight is 383 g/mol. The first kappa shape index (κ1) is 18.7. The zero-order valence-electron chi connectivity index (χ0n) is 13.6. The molecule has 0 N–H and O–H groups in total. The Balaban J connectivity index is 1.88. The van der Waals surface area contributed by atoms with Crippen LogP contribution in [0.5, 0.6) is 0 Å². The van der Waals surface area contributed by atoms with E-state index in [0.29, 0.717) is 31.9 Å². The number of amides is 1. The summed E-state index contributed by atoms with van der Waals surface area (Å²) in [6.45, 7) is 1.79. The van der Waals surface area contributed by atoms with E-state index in [2.05, 4.69) is 9.97 Å². The molecule has 0 bridgehead atoms. The molecule has 2 heterocycles. The van der Waals surface area contributed by atoms with Crippen LogP contribution in [0, 0.1) is 0 Å². The van der Waals surface area contributed by atoms with Gasteiger partial charge in [-0.3, -0.25) is 4.79 Å². The molecule has 1 atom stereocenters. The summed E-state index contributed by atoms with van der Waals surface area (Å²) in [6, 6.07) is 9.72. The normalized spacial score (nSPS) is 16.3. The second-order valence-electron chi connectivity index (χ2n) is 5.57. The lowest BCUT2D eigenvalue weighted by atomic mass is 10.1. The van der Waals surface area contributed by atoms with Gasteiger partial charge in [0.15, 0.2) is 5.16 Å². The van der Waals surface area contributed by atoms with Crippen LogP contribution in [-0.2, 0) is 15.7 Å². The van der Waals surface area contributed by atoms with E-state index in [1.165, 1.54) is 0 Å². The van der Waals surface area contributed by atoms with Gasteiger partial charge in [0.25, 0.3) is 0 Å². The molecular weight excluding hydrogens is 367 g/mol. The highest BCUT2D eigenvalue weighted by Gasteiger charge is 2.34. The Labute approximate surface area is 152 Å². The predicted octanol–water partition coefficient (Wildman–Crippen LogP) is 3.19. The standard InChI is InChI=1S/C17H16F3N3O2S/c18-17(19,20)13-6-7-21-16(22-13)26-14(12-4-2-1-3-5-12)15(24)23-8-10-25-11-9-23/h1-7,14H,8-11H2. The molecule has 1 aliphatic rings. The second kappa shape index (κ2) is 8.05. The number of ether oxygens (including phenoxy) is 1. The highest BCUT2D eigenvalue weighted by molar-refractivity contribution is 8.00. The highest BCUT2D eigenvalue weighted by Crippen LogP contribution is 2.36. The molecule has 0 aliphatic carbocycles. The quantitative estimate of drug-likeness (QED) is 0.600. The Hall–Kier alpha value is -2.13. The zero-order chi connectivity index (χ0) is 18.6. The number of halogens is 3. The molecule has 1 aromatic carbocycles. The Bertz CT molecular complexity index is 752. The van der Waals surface area contributed by atoms with Crippen molar-refractivity contribution < 1.29 is 22.7 Å². The third-order valence-corrected chi connectivity index (χ3v) is 4.91. The minimum atomic E-state index is -4.56. The summed E-state index contributed by atoms with van der Waals surface area (Å²) in [5.74, 6) is -0.189. The Morgan fingerprint density at radius 2 is 1.85 bits per heavy atom. The van der Waals surface area contributed by atoms with E-state index in [4.69, 9.17) is 4.74 Å². The lowest BCUT2D eigenvalue weighted by molar-refractivity contribution is -0.141. The fourth-order valence-corrected chi connectivity index (χ4v) is 3.53. The van der Waals surface area contributed by atoms with Crippen molar-refractivity contribution in [2.45, 2.75) is 16.6 Å². The third kappa shape index (κ3) is 4.53. The van der Waals surface area contributed by atoms with Crippen LogP contribution in [-0.4, -0.2) is 47.1 Å². The smallest absolute Gasteiger partial charge is 0.378 e. The molecule has 9 heteroatoms. The van der Waals surface area contributed by atoms with E-state index in [1.54, 1.807) is 29.2 Å². The van der Waals surface area contributed by atoms with Gasteiger partial charge in [0.05, 0.1) is 13.2 Å². The number of rotatable bonds is 4. The van der Waals surface area contributed by atoms with Gasteiger partial charge in [-0.15, -0.1) is 0 Å². The minimum absolute atomic E-state index is 0.0877. The number of carbonyl (C=O) groups excluding carboxylic acids is 1. The van der Waals surface area contributed by atoms with E-state index in [9.17, 15) is 18.0 Å². The van der Waals surface area contributed by atoms with Crippen LogP contribution in [0.25, 0.3) is 0 Å². The van der Waals surface area contributed by atoms with Crippen molar-refractivity contribution in [3.63, 3.8) is 0 Å². The summed E-state index contributed by atoms with van der Waals surface area (Å²) in [6.07, 6.45) is -3.51. The summed E-state index contributed by atoms with van der Waals surface area (Å²) in [5.41, 5.74) is -0.337. The zero-order valence-corrected chi connectivity index (χ0v) is 14.5. The number of alkyl halides is 3. The van der Waals surface area contributed by atoms with E-state index >= 15 is 0 Å². The number of morpholine rings is 1. The summed E-state index contributed by atoms with van der Waals surface area (Å²) in [5, 5.41) is -0.812. The summed E-state index contributed by atoms with van der Waals surface area (Å²) >= 11 is 0.920. The molecule has 0 radical (unpaired) electrons. The van der Waals surface area contributed by atoms with Crippen molar-refractivity contribution in [2.24, 2.45) is 0 Å². The molecule has 0 spiro atoms. The van der Waals surface area contributed by atoms with Crippen LogP contribution < -0.4 is 0 Å². The Morgan fingerprint density at radius 3 is 2.50 bits per heavy atom. The van der Waals surface area contributed by atoms with Gasteiger partial charge in [-0.25, -0.2) is 9.97 Å². The molecule has 26 heavy (non-hydrogen) atoms. The molecule has 1 saturated heterocycles. The highest BCUT2D eigenvalue weighted by atomic mass is 32.2. The fourth-order valence-electron chi connectivity index (χ4n) is 2.50. The van der Waals surface area contributed by atoms with Gasteiger partial charge in [-0.1, -0.05) is 42.1 Å². The number of aromatic nitrogens is 2. The van der Waals surface area contributed by atoms with Gasteiger partial charge in [-0.2, -0.15) is 13.2 Å². The van der Waals surface area contributed by atoms with Crippen molar-refractivity contribution in [1.82, 2.24) is 14.9 Å². The SMILES string of the molecule is O=C(C(Sc1nccc(C(F)(F)F)n1)c1ccccc1)N1CCOCC1. The summed E-state index contributed by atoms with van der Waals surface area (Å²) < 4.78 is 43.9. The van der Waals surface area contributed by atoms with Crippen LogP contribution in [0.2, 0.25) is 0 Å². The predicted molar refractivity (Wildman–Crippen MR) is 89.5 cm³/mol. The van der Waals surface area contributed by atoms with Crippen LogP contribution in [0.4, 0.5) is 13.2 Å². The summed E-state index contributed by atoms with van der Waals surface area (Å²) in [4.78, 5) is 22.1. The van der Waals surface area contributed by atoms with E-state index in [1.807, 2.05) is 6.07 Å². The lowest BCUT2D eigenvalue weighted by Crippen LogP contribution is -2.42. The van der Waals surface area contributed by atoms with Gasteiger partial charge in [0, 0.05) is 19.3 Å². The van der Waals surface area contributed by atoms with Crippen molar-refractivity contribution in [2.75, 3.05) is 26.3 Å². The molecule has 0 saturated carbocycles. The molecular formula is C17H16F3N3O2S. The monoisotopic (exact) mass is 383 g/mol. The topological polar surface area (TPSA) is 55.3 Å². The molecule has 5 nitrogen and oxygen atoms in total. The number of carbonyl (C=O) groups is 1. The maximum atomic E-state index is 13.0. The van der Waals surface area contributed by atoms with Crippen molar-refractivity contribution in [3.8, 4) is 0 Å².